The van der Waals surface area contributed by atoms with Crippen LogP contribution in [-0.2, 0) is 15.9 Å². The summed E-state index contributed by atoms with van der Waals surface area (Å²) in [6.07, 6.45) is 3.52. The van der Waals surface area contributed by atoms with Crippen LogP contribution in [0.25, 0.3) is 4.85 Å². The van der Waals surface area contributed by atoms with E-state index in [1.54, 1.807) is 7.11 Å². The Morgan fingerprint density at radius 2 is 1.85 bits per heavy atom. The lowest BCUT2D eigenvalue weighted by molar-refractivity contribution is 0.0628. The topological polar surface area (TPSA) is 22.8 Å². The molecule has 0 bridgehead atoms. The van der Waals surface area contributed by atoms with Crippen LogP contribution in [-0.4, -0.2) is 32.5 Å². The van der Waals surface area contributed by atoms with Crippen molar-refractivity contribution in [2.75, 3.05) is 26.9 Å². The highest BCUT2D eigenvalue weighted by Crippen LogP contribution is 2.27. The van der Waals surface area contributed by atoms with E-state index >= 15 is 0 Å². The Bertz CT molecular complexity index is 399. The summed E-state index contributed by atoms with van der Waals surface area (Å²) in [7, 11) is 1.67. The minimum Gasteiger partial charge on any atom is -0.382 e. The molecule has 0 N–H and O–H groups in total. The van der Waals surface area contributed by atoms with Gasteiger partial charge in [-0.25, -0.2) is 6.57 Å². The van der Waals surface area contributed by atoms with Crippen molar-refractivity contribution in [2.24, 2.45) is 0 Å². The van der Waals surface area contributed by atoms with Crippen molar-refractivity contribution in [3.63, 3.8) is 0 Å². The Kier molecular flexibility index (Phi) is 7.94. The van der Waals surface area contributed by atoms with Crippen LogP contribution in [0.3, 0.4) is 0 Å². The lowest BCUT2D eigenvalue weighted by Gasteiger charge is -2.22. The van der Waals surface area contributed by atoms with Gasteiger partial charge in [-0.1, -0.05) is 37.3 Å². The molecule has 0 spiro atoms. The number of hydrogen-bond donors (Lipinski definition) is 0. The first-order valence-corrected chi connectivity index (χ1v) is 7.25. The van der Waals surface area contributed by atoms with Gasteiger partial charge in [0.25, 0.3) is 0 Å². The zero-order valence-corrected chi connectivity index (χ0v) is 12.6. The van der Waals surface area contributed by atoms with E-state index in [0.29, 0.717) is 19.8 Å². The van der Waals surface area contributed by atoms with Gasteiger partial charge >= 0.3 is 0 Å². The quantitative estimate of drug-likeness (QED) is 0.479. The lowest BCUT2D eigenvalue weighted by atomic mass is 9.84. The molecule has 1 aromatic carbocycles. The molecule has 1 atom stereocenters. The molecule has 20 heavy (non-hydrogen) atoms. The van der Waals surface area contributed by atoms with Gasteiger partial charge in [-0.15, -0.1) is 0 Å². The molecule has 0 aliphatic carbocycles. The van der Waals surface area contributed by atoms with Gasteiger partial charge < -0.3 is 14.3 Å². The van der Waals surface area contributed by atoms with E-state index in [1.807, 2.05) is 18.2 Å². The molecule has 3 heteroatoms. The maximum absolute atomic E-state index is 7.62. The van der Waals surface area contributed by atoms with Crippen LogP contribution in [0.5, 0.6) is 0 Å². The summed E-state index contributed by atoms with van der Waals surface area (Å²) in [5.41, 5.74) is 0.900. The van der Waals surface area contributed by atoms with E-state index in [9.17, 15) is 0 Å². The number of hydrogen-bond acceptors (Lipinski definition) is 2. The third kappa shape index (κ3) is 5.73. The number of ether oxygens (including phenoxy) is 2. The fourth-order valence-electron chi connectivity index (χ4n) is 2.40. The third-order valence-corrected chi connectivity index (χ3v) is 3.47. The Hall–Kier alpha value is -1.37. The van der Waals surface area contributed by atoms with Gasteiger partial charge in [0.05, 0.1) is 26.2 Å². The van der Waals surface area contributed by atoms with E-state index in [4.69, 9.17) is 16.0 Å². The molecule has 1 unspecified atom stereocenters. The summed E-state index contributed by atoms with van der Waals surface area (Å²) < 4.78 is 10.5. The molecule has 0 aromatic heterocycles. The van der Waals surface area contributed by atoms with Crippen LogP contribution in [0.1, 0.15) is 31.7 Å². The van der Waals surface area contributed by atoms with E-state index in [1.165, 1.54) is 5.56 Å². The van der Waals surface area contributed by atoms with Crippen LogP contribution in [0.2, 0.25) is 0 Å². The van der Waals surface area contributed by atoms with Gasteiger partial charge in [0.1, 0.15) is 0 Å². The second kappa shape index (κ2) is 9.52. The predicted octanol–water partition coefficient (Wildman–Crippen LogP) is 3.74. The largest absolute Gasteiger partial charge is 0.382 e. The van der Waals surface area contributed by atoms with Gasteiger partial charge in [-0.3, -0.25) is 0 Å². The van der Waals surface area contributed by atoms with Gasteiger partial charge in [0.2, 0.25) is 5.54 Å². The first-order chi connectivity index (χ1) is 9.76. The molecular formula is C17H25NO2. The highest BCUT2D eigenvalue weighted by molar-refractivity contribution is 5.20. The fourth-order valence-corrected chi connectivity index (χ4v) is 2.40. The van der Waals surface area contributed by atoms with Crippen LogP contribution in [0, 0.1) is 6.57 Å². The third-order valence-electron chi connectivity index (χ3n) is 3.47. The molecule has 1 aromatic rings. The molecule has 1 rings (SSSR count). The minimum absolute atomic E-state index is 0.330. The number of methoxy groups -OCH3 is 1. The van der Waals surface area contributed by atoms with E-state index in [-0.39, 0.29) is 5.54 Å². The van der Waals surface area contributed by atoms with Gasteiger partial charge in [0.15, 0.2) is 0 Å². The molecular weight excluding hydrogens is 250 g/mol. The Morgan fingerprint density at radius 3 is 2.45 bits per heavy atom. The molecule has 0 saturated heterocycles. The van der Waals surface area contributed by atoms with Gasteiger partial charge in [0, 0.05) is 20.0 Å². The molecule has 0 heterocycles. The monoisotopic (exact) mass is 275 g/mol. The van der Waals surface area contributed by atoms with Gasteiger partial charge in [-0.05, 0) is 12.0 Å². The second-order valence-corrected chi connectivity index (χ2v) is 5.10. The molecule has 0 aliphatic rings. The van der Waals surface area contributed by atoms with Crippen molar-refractivity contribution in [3.05, 3.63) is 47.3 Å². The number of nitrogens with zero attached hydrogens (tertiary/aromatic N) is 1. The maximum Gasteiger partial charge on any atom is 0.238 e. The number of benzene rings is 1. The molecule has 3 nitrogen and oxygen atoms in total. The second-order valence-electron chi connectivity index (χ2n) is 5.10. The molecule has 0 amide bonds. The summed E-state index contributed by atoms with van der Waals surface area (Å²) in [6, 6.07) is 10.3. The first kappa shape index (κ1) is 16.7. The highest BCUT2D eigenvalue weighted by Gasteiger charge is 2.35. The standard InChI is InChI=1S/C17H25NO2/c1-4-10-17(18-2,11-12-20-14-13-19-3)15-16-8-6-5-7-9-16/h5-9H,4,10-15H2,1,3H3. The summed E-state index contributed by atoms with van der Waals surface area (Å²) >= 11 is 0. The predicted molar refractivity (Wildman–Crippen MR) is 81.7 cm³/mol. The normalized spacial score (nSPS) is 13.7. The molecule has 0 radical (unpaired) electrons. The van der Waals surface area contributed by atoms with E-state index < -0.39 is 0 Å². The summed E-state index contributed by atoms with van der Waals surface area (Å²) in [6.45, 7) is 11.6. The highest BCUT2D eigenvalue weighted by atomic mass is 16.5. The number of rotatable bonds is 10. The Labute approximate surface area is 122 Å². The SMILES string of the molecule is [C-]#[N+]C(CCC)(CCOCCOC)Cc1ccccc1. The van der Waals surface area contributed by atoms with Crippen molar-refractivity contribution in [1.29, 1.82) is 0 Å². The Morgan fingerprint density at radius 1 is 1.10 bits per heavy atom. The van der Waals surface area contributed by atoms with Crippen LogP contribution < -0.4 is 0 Å². The van der Waals surface area contributed by atoms with Crippen LogP contribution in [0.4, 0.5) is 0 Å². The maximum atomic E-state index is 7.62. The summed E-state index contributed by atoms with van der Waals surface area (Å²) in [5.74, 6) is 0. The van der Waals surface area contributed by atoms with Crippen molar-refractivity contribution in [3.8, 4) is 0 Å². The zero-order valence-electron chi connectivity index (χ0n) is 12.6. The average molecular weight is 275 g/mol. The first-order valence-electron chi connectivity index (χ1n) is 7.25. The molecule has 0 saturated carbocycles. The zero-order chi connectivity index (χ0) is 14.7. The molecule has 110 valence electrons. The van der Waals surface area contributed by atoms with Crippen LogP contribution in [0.15, 0.2) is 30.3 Å². The van der Waals surface area contributed by atoms with Crippen molar-refractivity contribution in [1.82, 2.24) is 0 Å². The minimum atomic E-state index is -0.330. The Balaban J connectivity index is 2.59. The fraction of sp³-hybridized carbons (Fsp3) is 0.588. The molecule has 0 fully saturated rings. The average Bonchev–Trinajstić information content (AvgIpc) is 2.48. The van der Waals surface area contributed by atoms with E-state index in [2.05, 4.69) is 23.9 Å². The smallest absolute Gasteiger partial charge is 0.238 e. The van der Waals surface area contributed by atoms with Crippen molar-refractivity contribution in [2.45, 2.75) is 38.1 Å². The van der Waals surface area contributed by atoms with E-state index in [0.717, 1.165) is 25.7 Å². The van der Waals surface area contributed by atoms with Crippen LogP contribution >= 0.6 is 0 Å². The van der Waals surface area contributed by atoms with Gasteiger partial charge in [-0.2, -0.15) is 0 Å². The lowest BCUT2D eigenvalue weighted by Crippen LogP contribution is -2.29. The molecule has 0 aliphatic heterocycles. The van der Waals surface area contributed by atoms with Crippen molar-refractivity contribution >= 4 is 0 Å². The summed E-state index contributed by atoms with van der Waals surface area (Å²) in [5, 5.41) is 0. The summed E-state index contributed by atoms with van der Waals surface area (Å²) in [4.78, 5) is 3.96. The van der Waals surface area contributed by atoms with Crippen molar-refractivity contribution < 1.29 is 9.47 Å².